The molecule has 4 rings (SSSR count). The summed E-state index contributed by atoms with van der Waals surface area (Å²) in [4.78, 5) is 16.6. The van der Waals surface area contributed by atoms with Crippen molar-refractivity contribution in [1.29, 1.82) is 0 Å². The number of nitrogens with one attached hydrogen (secondary N) is 1. The van der Waals surface area contributed by atoms with Gasteiger partial charge in [-0.2, -0.15) is 10.1 Å². The molecular weight excluding hydrogens is 402 g/mol. The van der Waals surface area contributed by atoms with Gasteiger partial charge in [0.15, 0.2) is 0 Å². The highest BCUT2D eigenvalue weighted by molar-refractivity contribution is 5.76. The molecule has 7 heteroatoms. The van der Waals surface area contributed by atoms with Crippen LogP contribution >= 0.6 is 0 Å². The van der Waals surface area contributed by atoms with Gasteiger partial charge in [-0.25, -0.2) is 4.68 Å². The summed E-state index contributed by atoms with van der Waals surface area (Å²) in [6.07, 6.45) is 5.16. The normalized spacial score (nSPS) is 11.1. The van der Waals surface area contributed by atoms with Crippen molar-refractivity contribution in [1.82, 2.24) is 25.2 Å². The Kier molecular flexibility index (Phi) is 6.75. The zero-order valence-corrected chi connectivity index (χ0v) is 18.4. The number of nitrogens with zero attached hydrogens (tertiary/aromatic N) is 4. The molecule has 0 unspecified atom stereocenters. The molecule has 0 saturated carbocycles. The molecule has 2 aromatic heterocycles. The summed E-state index contributed by atoms with van der Waals surface area (Å²) in [6.45, 7) is 4.90. The van der Waals surface area contributed by atoms with Gasteiger partial charge < -0.3 is 9.84 Å². The molecule has 2 heterocycles. The van der Waals surface area contributed by atoms with Gasteiger partial charge in [-0.15, -0.1) is 0 Å². The molecule has 0 aliphatic rings. The Bertz CT molecular complexity index is 1130. The molecule has 0 fully saturated rings. The van der Waals surface area contributed by atoms with Crippen molar-refractivity contribution in [3.05, 3.63) is 84.0 Å². The maximum Gasteiger partial charge on any atom is 0.227 e. The number of hydrogen-bond acceptors (Lipinski definition) is 5. The predicted molar refractivity (Wildman–Crippen MR) is 122 cm³/mol. The summed E-state index contributed by atoms with van der Waals surface area (Å²) in [7, 11) is 0. The van der Waals surface area contributed by atoms with Gasteiger partial charge in [-0.05, 0) is 41.7 Å². The average molecular weight is 430 g/mol. The van der Waals surface area contributed by atoms with E-state index in [0.717, 1.165) is 23.2 Å². The molecule has 0 saturated heterocycles. The smallest absolute Gasteiger partial charge is 0.227 e. The summed E-state index contributed by atoms with van der Waals surface area (Å²) in [5.74, 6) is 1.47. The molecule has 164 valence electrons. The highest BCUT2D eigenvalue weighted by Crippen LogP contribution is 2.20. The summed E-state index contributed by atoms with van der Waals surface area (Å²) in [5, 5.41) is 11.2. The van der Waals surface area contributed by atoms with E-state index in [-0.39, 0.29) is 5.91 Å². The molecule has 1 N–H and O–H groups in total. The first-order chi connectivity index (χ1) is 15.6. The second-order valence-corrected chi connectivity index (χ2v) is 8.01. The summed E-state index contributed by atoms with van der Waals surface area (Å²) in [5.41, 5.74) is 4.35. The van der Waals surface area contributed by atoms with Crippen molar-refractivity contribution in [2.75, 3.05) is 6.54 Å². The number of hydrogen-bond donors (Lipinski definition) is 1. The van der Waals surface area contributed by atoms with Crippen molar-refractivity contribution in [3.8, 4) is 17.1 Å². The second-order valence-electron chi connectivity index (χ2n) is 8.01. The van der Waals surface area contributed by atoms with E-state index in [0.29, 0.717) is 37.0 Å². The number of aryl methyl sites for hydroxylation is 1. The molecule has 1 amide bonds. The van der Waals surface area contributed by atoms with E-state index in [9.17, 15) is 4.79 Å². The van der Waals surface area contributed by atoms with E-state index in [1.165, 1.54) is 5.56 Å². The zero-order valence-electron chi connectivity index (χ0n) is 18.4. The zero-order chi connectivity index (χ0) is 22.3. The first-order valence-electron chi connectivity index (χ1n) is 10.9. The van der Waals surface area contributed by atoms with Gasteiger partial charge in [0.05, 0.1) is 5.69 Å². The van der Waals surface area contributed by atoms with Crippen LogP contribution in [0.1, 0.15) is 43.2 Å². The lowest BCUT2D eigenvalue weighted by Gasteiger charge is -2.06. The molecule has 2 aromatic carbocycles. The van der Waals surface area contributed by atoms with Gasteiger partial charge in [0, 0.05) is 37.3 Å². The van der Waals surface area contributed by atoms with Crippen LogP contribution < -0.4 is 5.32 Å². The van der Waals surface area contributed by atoms with E-state index in [4.69, 9.17) is 4.52 Å². The Balaban J connectivity index is 1.21. The minimum Gasteiger partial charge on any atom is -0.356 e. The van der Waals surface area contributed by atoms with Crippen molar-refractivity contribution < 1.29 is 9.32 Å². The standard InChI is InChI=1S/C25H27N5O2/c1-18(2)20-6-8-21(9-7-20)25-28-24(32-29-25)13-12-23(31)26-16-14-19-4-10-22(11-5-19)30-17-3-15-27-30/h3-11,15,17-18H,12-14,16H2,1-2H3,(H,26,31). The second kappa shape index (κ2) is 10.0. The molecule has 0 bridgehead atoms. The monoisotopic (exact) mass is 429 g/mol. The number of amides is 1. The minimum atomic E-state index is -0.0285. The number of aromatic nitrogens is 4. The van der Waals surface area contributed by atoms with Crippen molar-refractivity contribution >= 4 is 5.91 Å². The molecule has 7 nitrogen and oxygen atoms in total. The minimum absolute atomic E-state index is 0.0285. The molecule has 0 atom stereocenters. The van der Waals surface area contributed by atoms with Crippen molar-refractivity contribution in [2.24, 2.45) is 0 Å². The van der Waals surface area contributed by atoms with Gasteiger partial charge in [0.25, 0.3) is 0 Å². The molecule has 0 radical (unpaired) electrons. The van der Waals surface area contributed by atoms with Gasteiger partial charge in [0.2, 0.25) is 17.6 Å². The van der Waals surface area contributed by atoms with E-state index < -0.39 is 0 Å². The topological polar surface area (TPSA) is 85.8 Å². The fourth-order valence-electron chi connectivity index (χ4n) is 3.38. The van der Waals surface area contributed by atoms with Gasteiger partial charge in [-0.1, -0.05) is 55.4 Å². The number of carbonyl (C=O) groups is 1. The van der Waals surface area contributed by atoms with E-state index in [2.05, 4.69) is 58.7 Å². The Morgan fingerprint density at radius 1 is 1.06 bits per heavy atom. The third-order valence-electron chi connectivity index (χ3n) is 5.31. The molecule has 32 heavy (non-hydrogen) atoms. The van der Waals surface area contributed by atoms with Crippen LogP contribution in [0.4, 0.5) is 0 Å². The van der Waals surface area contributed by atoms with Crippen molar-refractivity contribution in [3.63, 3.8) is 0 Å². The van der Waals surface area contributed by atoms with Gasteiger partial charge >= 0.3 is 0 Å². The van der Waals surface area contributed by atoms with Crippen LogP contribution in [0.25, 0.3) is 17.1 Å². The summed E-state index contributed by atoms with van der Waals surface area (Å²) >= 11 is 0. The van der Waals surface area contributed by atoms with E-state index >= 15 is 0 Å². The molecule has 0 aliphatic carbocycles. The fraction of sp³-hybridized carbons (Fsp3) is 0.280. The lowest BCUT2D eigenvalue weighted by molar-refractivity contribution is -0.121. The van der Waals surface area contributed by atoms with Gasteiger partial charge in [0.1, 0.15) is 0 Å². The highest BCUT2D eigenvalue weighted by Gasteiger charge is 2.11. The lowest BCUT2D eigenvalue weighted by atomic mass is 10.0. The average Bonchev–Trinajstić information content (AvgIpc) is 3.51. The first-order valence-corrected chi connectivity index (χ1v) is 10.9. The Hall–Kier alpha value is -3.74. The van der Waals surface area contributed by atoms with Crippen molar-refractivity contribution in [2.45, 2.75) is 39.0 Å². The van der Waals surface area contributed by atoms with Crippen LogP contribution in [0.3, 0.4) is 0 Å². The highest BCUT2D eigenvalue weighted by atomic mass is 16.5. The molecule has 0 aliphatic heterocycles. The molecule has 4 aromatic rings. The van der Waals surface area contributed by atoms with Crippen LogP contribution in [0, 0.1) is 0 Å². The van der Waals surface area contributed by atoms with Crippen LogP contribution in [0.2, 0.25) is 0 Å². The molecule has 0 spiro atoms. The SMILES string of the molecule is CC(C)c1ccc(-c2noc(CCC(=O)NCCc3ccc(-n4cccn4)cc3)n2)cc1. The Morgan fingerprint density at radius 3 is 2.53 bits per heavy atom. The van der Waals surface area contributed by atoms with Crippen LogP contribution in [-0.2, 0) is 17.6 Å². The lowest BCUT2D eigenvalue weighted by Crippen LogP contribution is -2.25. The largest absolute Gasteiger partial charge is 0.356 e. The van der Waals surface area contributed by atoms with E-state index in [1.54, 1.807) is 6.20 Å². The number of rotatable bonds is 9. The predicted octanol–water partition coefficient (Wildman–Crippen LogP) is 4.34. The quantitative estimate of drug-likeness (QED) is 0.428. The fourth-order valence-corrected chi connectivity index (χ4v) is 3.38. The number of carbonyl (C=O) groups excluding carboxylic acids is 1. The van der Waals surface area contributed by atoms with E-state index in [1.807, 2.05) is 41.2 Å². The maximum atomic E-state index is 12.2. The third kappa shape index (κ3) is 5.49. The Labute approximate surface area is 187 Å². The maximum absolute atomic E-state index is 12.2. The van der Waals surface area contributed by atoms with Gasteiger partial charge in [-0.3, -0.25) is 4.79 Å². The third-order valence-corrected chi connectivity index (χ3v) is 5.31. The number of benzene rings is 2. The summed E-state index contributed by atoms with van der Waals surface area (Å²) < 4.78 is 7.13. The molecular formula is C25H27N5O2. The first kappa shape index (κ1) is 21.5. The van der Waals surface area contributed by atoms with Crippen LogP contribution in [0.5, 0.6) is 0 Å². The summed E-state index contributed by atoms with van der Waals surface area (Å²) in [6, 6.07) is 18.2. The van der Waals surface area contributed by atoms with Crippen LogP contribution in [0.15, 0.2) is 71.5 Å². The Morgan fingerprint density at radius 2 is 1.84 bits per heavy atom. The van der Waals surface area contributed by atoms with Crippen LogP contribution in [-0.4, -0.2) is 32.4 Å².